The lowest BCUT2D eigenvalue weighted by atomic mass is 10.5. The fourth-order valence-electron chi connectivity index (χ4n) is 0.923. The van der Waals surface area contributed by atoms with Gasteiger partial charge in [0.25, 0.3) is 0 Å². The highest BCUT2D eigenvalue weighted by Gasteiger charge is 2.19. The van der Waals surface area contributed by atoms with E-state index >= 15 is 0 Å². The largest absolute Gasteiger partial charge is 0.420 e. The normalized spacial score (nSPS) is 12.5. The van der Waals surface area contributed by atoms with E-state index in [4.69, 9.17) is 4.43 Å². The van der Waals surface area contributed by atoms with E-state index in [9.17, 15) is 0 Å². The van der Waals surface area contributed by atoms with Crippen molar-refractivity contribution in [1.82, 2.24) is 4.90 Å². The fourth-order valence-corrected chi connectivity index (χ4v) is 2.14. The summed E-state index contributed by atoms with van der Waals surface area (Å²) in [7, 11) is 4.79. The van der Waals surface area contributed by atoms with Crippen molar-refractivity contribution in [2.75, 3.05) is 27.7 Å². The lowest BCUT2D eigenvalue weighted by Crippen LogP contribution is -2.29. The van der Waals surface area contributed by atoms with Crippen molar-refractivity contribution < 1.29 is 4.43 Å². The maximum absolute atomic E-state index is 5.44. The first-order chi connectivity index (χ1) is 4.98. The Morgan fingerprint density at radius 2 is 1.82 bits per heavy atom. The van der Waals surface area contributed by atoms with Crippen LogP contribution >= 0.6 is 0 Å². The smallest absolute Gasteiger partial charge is 0.186 e. The molecule has 0 bridgehead atoms. The van der Waals surface area contributed by atoms with Crippen LogP contribution in [0.15, 0.2) is 0 Å². The summed E-state index contributed by atoms with van der Waals surface area (Å²) < 4.78 is 5.44. The molecule has 68 valence electrons. The zero-order chi connectivity index (χ0) is 8.91. The van der Waals surface area contributed by atoms with Crippen molar-refractivity contribution in [2.45, 2.75) is 25.6 Å². The predicted octanol–water partition coefficient (Wildman–Crippen LogP) is 1.79. The molecule has 0 aliphatic carbocycles. The van der Waals surface area contributed by atoms with Gasteiger partial charge in [0.05, 0.1) is 0 Å². The Morgan fingerprint density at radius 1 is 1.27 bits per heavy atom. The lowest BCUT2D eigenvalue weighted by Gasteiger charge is -2.20. The molecule has 0 aromatic carbocycles. The highest BCUT2D eigenvalue weighted by molar-refractivity contribution is 6.71. The molecule has 0 atom stereocenters. The molecule has 0 rings (SSSR count). The van der Waals surface area contributed by atoms with E-state index in [1.165, 1.54) is 19.0 Å². The highest BCUT2D eigenvalue weighted by Crippen LogP contribution is 2.11. The molecule has 0 heterocycles. The minimum Gasteiger partial charge on any atom is -0.420 e. The summed E-state index contributed by atoms with van der Waals surface area (Å²) in [4.78, 5) is 2.22. The van der Waals surface area contributed by atoms with Gasteiger partial charge in [-0.2, -0.15) is 0 Å². The molecule has 0 saturated carbocycles. The summed E-state index contributed by atoms with van der Waals surface area (Å²) in [5.74, 6) is 0. The Bertz CT molecular complexity index is 104. The van der Waals surface area contributed by atoms with Gasteiger partial charge in [-0.15, -0.1) is 0 Å². The molecule has 0 unspecified atom stereocenters. The van der Waals surface area contributed by atoms with Crippen molar-refractivity contribution in [3.05, 3.63) is 0 Å². The van der Waals surface area contributed by atoms with E-state index in [2.05, 4.69) is 32.1 Å². The second kappa shape index (κ2) is 4.90. The molecule has 0 aromatic rings. The van der Waals surface area contributed by atoms with Crippen LogP contribution in [0, 0.1) is 0 Å². The maximum atomic E-state index is 5.44. The molecular weight excluding hydrogens is 154 g/mol. The van der Waals surface area contributed by atoms with Gasteiger partial charge >= 0.3 is 0 Å². The van der Waals surface area contributed by atoms with Crippen LogP contribution < -0.4 is 0 Å². The van der Waals surface area contributed by atoms with Gasteiger partial charge in [0, 0.05) is 7.11 Å². The van der Waals surface area contributed by atoms with Crippen molar-refractivity contribution in [3.63, 3.8) is 0 Å². The van der Waals surface area contributed by atoms with Crippen LogP contribution in [0.2, 0.25) is 19.1 Å². The molecule has 0 aliphatic rings. The molecule has 0 aromatic heterocycles. The molecule has 0 spiro atoms. The number of hydrogen-bond donors (Lipinski definition) is 0. The second-order valence-corrected chi connectivity index (χ2v) is 8.30. The van der Waals surface area contributed by atoms with Crippen molar-refractivity contribution in [1.29, 1.82) is 0 Å². The minimum atomic E-state index is -1.27. The average molecular weight is 175 g/mol. The van der Waals surface area contributed by atoms with Crippen LogP contribution in [-0.2, 0) is 4.43 Å². The van der Waals surface area contributed by atoms with Gasteiger partial charge < -0.3 is 9.33 Å². The topological polar surface area (TPSA) is 12.5 Å². The van der Waals surface area contributed by atoms with Crippen LogP contribution in [0.25, 0.3) is 0 Å². The highest BCUT2D eigenvalue weighted by atomic mass is 28.4. The van der Waals surface area contributed by atoms with E-state index in [-0.39, 0.29) is 0 Å². The minimum absolute atomic E-state index is 1.18. The third-order valence-corrected chi connectivity index (χ3v) is 4.60. The molecule has 11 heavy (non-hydrogen) atoms. The van der Waals surface area contributed by atoms with E-state index in [1.54, 1.807) is 0 Å². The Balaban J connectivity index is 3.38. The molecule has 0 saturated heterocycles. The van der Waals surface area contributed by atoms with Crippen molar-refractivity contribution in [3.8, 4) is 0 Å². The first-order valence-electron chi connectivity index (χ1n) is 4.18. The van der Waals surface area contributed by atoms with Crippen LogP contribution in [0.3, 0.4) is 0 Å². The molecule has 0 N–H and O–H groups in total. The zero-order valence-electron chi connectivity index (χ0n) is 8.48. The molecule has 0 radical (unpaired) electrons. The van der Waals surface area contributed by atoms with Crippen LogP contribution in [0.4, 0.5) is 0 Å². The zero-order valence-corrected chi connectivity index (χ0v) is 9.48. The summed E-state index contributed by atoms with van der Waals surface area (Å²) in [5, 5.41) is 0. The van der Waals surface area contributed by atoms with Gasteiger partial charge in [-0.1, -0.05) is 0 Å². The first-order valence-corrected chi connectivity index (χ1v) is 7.29. The Kier molecular flexibility index (Phi) is 4.96. The van der Waals surface area contributed by atoms with E-state index < -0.39 is 8.32 Å². The Morgan fingerprint density at radius 3 is 2.18 bits per heavy atom. The van der Waals surface area contributed by atoms with E-state index in [0.717, 1.165) is 0 Å². The first kappa shape index (κ1) is 11.1. The van der Waals surface area contributed by atoms with E-state index in [0.29, 0.717) is 0 Å². The molecule has 0 amide bonds. The molecule has 0 fully saturated rings. The van der Waals surface area contributed by atoms with Gasteiger partial charge in [-0.3, -0.25) is 0 Å². The summed E-state index contributed by atoms with van der Waals surface area (Å²) in [6.07, 6.45) is 1.26. The fraction of sp³-hybridized carbons (Fsp3) is 1.00. The SMILES string of the molecule is CO[Si](C)(C)CCCN(C)C. The van der Waals surface area contributed by atoms with Gasteiger partial charge in [-0.25, -0.2) is 0 Å². The quantitative estimate of drug-likeness (QED) is 0.591. The number of nitrogens with zero attached hydrogens (tertiary/aromatic N) is 1. The van der Waals surface area contributed by atoms with E-state index in [1.807, 2.05) is 7.11 Å². The van der Waals surface area contributed by atoms with Gasteiger partial charge in [0.2, 0.25) is 0 Å². The second-order valence-electron chi connectivity index (χ2n) is 3.87. The summed E-state index contributed by atoms with van der Waals surface area (Å²) in [5.41, 5.74) is 0. The molecular formula is C8H21NOSi. The van der Waals surface area contributed by atoms with Crippen LogP contribution in [-0.4, -0.2) is 41.0 Å². The van der Waals surface area contributed by atoms with Crippen molar-refractivity contribution >= 4 is 8.32 Å². The molecule has 2 nitrogen and oxygen atoms in total. The van der Waals surface area contributed by atoms with Gasteiger partial charge in [0.1, 0.15) is 0 Å². The molecule has 3 heteroatoms. The maximum Gasteiger partial charge on any atom is 0.186 e. The average Bonchev–Trinajstić information content (AvgIpc) is 1.87. The van der Waals surface area contributed by atoms with Crippen molar-refractivity contribution in [2.24, 2.45) is 0 Å². The third-order valence-electron chi connectivity index (χ3n) is 1.94. The Labute approximate surface area is 71.7 Å². The predicted molar refractivity (Wildman–Crippen MR) is 52.5 cm³/mol. The summed E-state index contributed by atoms with van der Waals surface area (Å²) in [6, 6.07) is 1.27. The van der Waals surface area contributed by atoms with Gasteiger partial charge in [0.15, 0.2) is 8.32 Å². The lowest BCUT2D eigenvalue weighted by molar-refractivity contribution is 0.382. The van der Waals surface area contributed by atoms with Crippen LogP contribution in [0.1, 0.15) is 6.42 Å². The number of hydrogen-bond acceptors (Lipinski definition) is 2. The monoisotopic (exact) mass is 175 g/mol. The Hall–Kier alpha value is 0.137. The van der Waals surface area contributed by atoms with Crippen LogP contribution in [0.5, 0.6) is 0 Å². The summed E-state index contributed by atoms with van der Waals surface area (Å²) >= 11 is 0. The molecule has 0 aliphatic heterocycles. The number of rotatable bonds is 5. The van der Waals surface area contributed by atoms with Gasteiger partial charge in [-0.05, 0) is 46.2 Å². The third kappa shape index (κ3) is 6.53. The summed E-state index contributed by atoms with van der Waals surface area (Å²) in [6.45, 7) is 5.71. The standard InChI is InChI=1S/C8H21NOSi/c1-9(2)7-6-8-11(4,5)10-3/h6-8H2,1-5H3.